The van der Waals surface area contributed by atoms with E-state index in [4.69, 9.17) is 21.1 Å². The Bertz CT molecular complexity index is 1220. The number of methoxy groups -OCH3 is 1. The molecule has 168 valence electrons. The van der Waals surface area contributed by atoms with Gasteiger partial charge < -0.3 is 14.8 Å². The number of nitrogens with zero attached hydrogens (tertiary/aromatic N) is 3. The van der Waals surface area contributed by atoms with E-state index in [1.165, 1.54) is 11.8 Å². The number of ether oxygens (including phenoxy) is 2. The van der Waals surface area contributed by atoms with E-state index >= 15 is 0 Å². The van der Waals surface area contributed by atoms with E-state index in [1.54, 1.807) is 37.4 Å². The maximum atomic E-state index is 12.5. The molecule has 1 aromatic heterocycles. The van der Waals surface area contributed by atoms with Crippen molar-refractivity contribution in [1.82, 2.24) is 14.8 Å². The van der Waals surface area contributed by atoms with Crippen molar-refractivity contribution in [3.05, 3.63) is 89.7 Å². The van der Waals surface area contributed by atoms with Gasteiger partial charge in [0.05, 0.1) is 12.9 Å². The van der Waals surface area contributed by atoms with Crippen molar-refractivity contribution in [1.29, 1.82) is 0 Å². The molecular formula is C24H21ClN4O3S. The highest BCUT2D eigenvalue weighted by atomic mass is 35.5. The molecule has 4 rings (SSSR count). The number of amides is 1. The Labute approximate surface area is 200 Å². The van der Waals surface area contributed by atoms with Gasteiger partial charge in [-0.3, -0.25) is 9.36 Å². The Morgan fingerprint density at radius 3 is 2.55 bits per heavy atom. The van der Waals surface area contributed by atoms with Crippen molar-refractivity contribution in [2.45, 2.75) is 11.8 Å². The van der Waals surface area contributed by atoms with E-state index in [9.17, 15) is 4.79 Å². The van der Waals surface area contributed by atoms with Crippen LogP contribution in [0.15, 0.2) is 84.0 Å². The van der Waals surface area contributed by atoms with Crippen LogP contribution in [0.5, 0.6) is 11.5 Å². The summed E-state index contributed by atoms with van der Waals surface area (Å²) in [6, 6.07) is 24.0. The number of para-hydroxylation sites is 1. The highest BCUT2D eigenvalue weighted by Gasteiger charge is 2.16. The number of anilines is 1. The van der Waals surface area contributed by atoms with E-state index in [0.29, 0.717) is 33.2 Å². The molecule has 0 aliphatic heterocycles. The second kappa shape index (κ2) is 10.9. The molecule has 0 aliphatic carbocycles. The summed E-state index contributed by atoms with van der Waals surface area (Å²) in [5.74, 6) is 1.98. The van der Waals surface area contributed by atoms with E-state index < -0.39 is 0 Å². The summed E-state index contributed by atoms with van der Waals surface area (Å²) in [5.41, 5.74) is 1.55. The third-order valence-electron chi connectivity index (χ3n) is 4.58. The predicted molar refractivity (Wildman–Crippen MR) is 129 cm³/mol. The molecule has 0 fully saturated rings. The van der Waals surface area contributed by atoms with Gasteiger partial charge in [0.1, 0.15) is 18.1 Å². The van der Waals surface area contributed by atoms with Crippen LogP contribution in [0.3, 0.4) is 0 Å². The SMILES string of the molecule is COc1cccc(NC(=O)CSc2nnc(COc3ccc(Cl)cc3)n2-c2ccccc2)c1. The molecule has 1 amide bonds. The van der Waals surface area contributed by atoms with Gasteiger partial charge in [-0.15, -0.1) is 10.2 Å². The van der Waals surface area contributed by atoms with Gasteiger partial charge in [-0.2, -0.15) is 0 Å². The highest BCUT2D eigenvalue weighted by molar-refractivity contribution is 7.99. The number of hydrogen-bond donors (Lipinski definition) is 1. The smallest absolute Gasteiger partial charge is 0.234 e. The number of aromatic nitrogens is 3. The Hall–Kier alpha value is -3.49. The van der Waals surface area contributed by atoms with Gasteiger partial charge >= 0.3 is 0 Å². The lowest BCUT2D eigenvalue weighted by atomic mass is 10.3. The minimum absolute atomic E-state index is 0.158. The lowest BCUT2D eigenvalue weighted by molar-refractivity contribution is -0.113. The fraction of sp³-hybridized carbons (Fsp3) is 0.125. The molecule has 3 aromatic carbocycles. The number of carbonyl (C=O) groups excluding carboxylic acids is 1. The fourth-order valence-corrected chi connectivity index (χ4v) is 3.93. The van der Waals surface area contributed by atoms with Crippen molar-refractivity contribution in [3.63, 3.8) is 0 Å². The normalized spacial score (nSPS) is 10.6. The lowest BCUT2D eigenvalue weighted by Crippen LogP contribution is -2.14. The number of thioether (sulfide) groups is 1. The Kier molecular flexibility index (Phi) is 7.49. The molecule has 0 spiro atoms. The monoisotopic (exact) mass is 480 g/mol. The van der Waals surface area contributed by atoms with Crippen molar-refractivity contribution in [2.24, 2.45) is 0 Å². The van der Waals surface area contributed by atoms with Gasteiger partial charge in [0.2, 0.25) is 5.91 Å². The number of nitrogens with one attached hydrogen (secondary N) is 1. The van der Waals surface area contributed by atoms with Crippen molar-refractivity contribution >= 4 is 35.0 Å². The summed E-state index contributed by atoms with van der Waals surface area (Å²) >= 11 is 7.24. The number of halogens is 1. The molecule has 4 aromatic rings. The third kappa shape index (κ3) is 6.06. The number of benzene rings is 3. The van der Waals surface area contributed by atoms with Crippen molar-refractivity contribution < 1.29 is 14.3 Å². The Balaban J connectivity index is 1.47. The summed E-state index contributed by atoms with van der Waals surface area (Å²) in [6.07, 6.45) is 0. The summed E-state index contributed by atoms with van der Waals surface area (Å²) < 4.78 is 13.0. The first-order chi connectivity index (χ1) is 16.1. The first kappa shape index (κ1) is 22.7. The van der Waals surface area contributed by atoms with E-state index in [-0.39, 0.29) is 18.3 Å². The Morgan fingerprint density at radius 1 is 1.00 bits per heavy atom. The molecule has 0 aliphatic rings. The van der Waals surface area contributed by atoms with Crippen molar-refractivity contribution in [3.8, 4) is 17.2 Å². The fourth-order valence-electron chi connectivity index (χ4n) is 3.03. The zero-order chi connectivity index (χ0) is 23.0. The van der Waals surface area contributed by atoms with Crippen LogP contribution in [0.1, 0.15) is 5.82 Å². The molecule has 0 atom stereocenters. The molecule has 0 unspecified atom stereocenters. The largest absolute Gasteiger partial charge is 0.497 e. The third-order valence-corrected chi connectivity index (χ3v) is 5.76. The van der Waals surface area contributed by atoms with Crippen molar-refractivity contribution in [2.75, 3.05) is 18.2 Å². The first-order valence-corrected chi connectivity index (χ1v) is 11.4. The molecule has 0 saturated carbocycles. The van der Waals surface area contributed by atoms with Crippen LogP contribution in [0, 0.1) is 0 Å². The van der Waals surface area contributed by atoms with Gasteiger partial charge in [-0.05, 0) is 48.5 Å². The number of carbonyl (C=O) groups is 1. The summed E-state index contributed by atoms with van der Waals surface area (Å²) in [6.45, 7) is 0.208. The molecule has 0 bridgehead atoms. The summed E-state index contributed by atoms with van der Waals surface area (Å²) in [5, 5.41) is 12.7. The van der Waals surface area contributed by atoms with Gasteiger partial charge in [0, 0.05) is 22.5 Å². The van der Waals surface area contributed by atoms with E-state index in [1.807, 2.05) is 53.1 Å². The van der Waals surface area contributed by atoms with Crippen LogP contribution in [0.25, 0.3) is 5.69 Å². The van der Waals surface area contributed by atoms with Gasteiger partial charge in [0.25, 0.3) is 0 Å². The first-order valence-electron chi connectivity index (χ1n) is 10.1. The standard InChI is InChI=1S/C24H21ClN4O3S/c1-31-21-9-5-6-18(14-21)26-23(30)16-33-24-28-27-22(29(24)19-7-3-2-4-8-19)15-32-20-12-10-17(25)11-13-20/h2-14H,15-16H2,1H3,(H,26,30). The quantitative estimate of drug-likeness (QED) is 0.330. The van der Waals surface area contributed by atoms with Crippen LogP contribution in [-0.2, 0) is 11.4 Å². The zero-order valence-electron chi connectivity index (χ0n) is 17.8. The minimum Gasteiger partial charge on any atom is -0.497 e. The van der Waals surface area contributed by atoms with Gasteiger partial charge in [-0.1, -0.05) is 47.6 Å². The van der Waals surface area contributed by atoms with Crippen LogP contribution < -0.4 is 14.8 Å². The molecule has 7 nitrogen and oxygen atoms in total. The zero-order valence-corrected chi connectivity index (χ0v) is 19.3. The molecule has 1 N–H and O–H groups in total. The highest BCUT2D eigenvalue weighted by Crippen LogP contribution is 2.24. The molecular weight excluding hydrogens is 460 g/mol. The van der Waals surface area contributed by atoms with E-state index in [2.05, 4.69) is 15.5 Å². The molecule has 9 heteroatoms. The second-order valence-corrected chi connectivity index (χ2v) is 8.26. The average molecular weight is 481 g/mol. The summed E-state index contributed by atoms with van der Waals surface area (Å²) in [4.78, 5) is 12.5. The predicted octanol–water partition coefficient (Wildman–Crippen LogP) is 5.24. The Morgan fingerprint density at radius 2 is 1.79 bits per heavy atom. The average Bonchev–Trinajstić information content (AvgIpc) is 3.26. The van der Waals surface area contributed by atoms with Crippen LogP contribution >= 0.6 is 23.4 Å². The second-order valence-electron chi connectivity index (χ2n) is 6.88. The summed E-state index contributed by atoms with van der Waals surface area (Å²) in [7, 11) is 1.58. The molecule has 0 radical (unpaired) electrons. The minimum atomic E-state index is -0.158. The van der Waals surface area contributed by atoms with Gasteiger partial charge in [0.15, 0.2) is 11.0 Å². The number of hydrogen-bond acceptors (Lipinski definition) is 6. The topological polar surface area (TPSA) is 78.3 Å². The van der Waals surface area contributed by atoms with Crippen LogP contribution in [-0.4, -0.2) is 33.5 Å². The van der Waals surface area contributed by atoms with E-state index in [0.717, 1.165) is 5.69 Å². The maximum absolute atomic E-state index is 12.5. The maximum Gasteiger partial charge on any atom is 0.234 e. The van der Waals surface area contributed by atoms with Gasteiger partial charge in [-0.25, -0.2) is 0 Å². The molecule has 0 saturated heterocycles. The molecule has 33 heavy (non-hydrogen) atoms. The molecule has 1 heterocycles. The lowest BCUT2D eigenvalue weighted by Gasteiger charge is -2.11. The van der Waals surface area contributed by atoms with Crippen LogP contribution in [0.2, 0.25) is 5.02 Å². The van der Waals surface area contributed by atoms with Crippen LogP contribution in [0.4, 0.5) is 5.69 Å². The number of rotatable bonds is 9.